The summed E-state index contributed by atoms with van der Waals surface area (Å²) in [6, 6.07) is 6.08. The first kappa shape index (κ1) is 20.9. The van der Waals surface area contributed by atoms with Gasteiger partial charge >= 0.3 is 6.18 Å². The number of aliphatic hydroxyl groups excluding tert-OH is 1. The SMILES string of the molecule is CC1CCC(C(COCO)Cc2ccc(/C(F)=C/C(F)(F)F)cc2)CC1. The summed E-state index contributed by atoms with van der Waals surface area (Å²) in [7, 11) is 0. The largest absolute Gasteiger partial charge is 0.412 e. The molecule has 1 aromatic carbocycles. The normalized spacial score (nSPS) is 23.1. The van der Waals surface area contributed by atoms with Gasteiger partial charge in [-0.2, -0.15) is 13.2 Å². The number of rotatable bonds is 7. The van der Waals surface area contributed by atoms with Gasteiger partial charge in [0, 0.05) is 5.56 Å². The summed E-state index contributed by atoms with van der Waals surface area (Å²) in [6.45, 7) is 2.36. The number of hydrogen-bond acceptors (Lipinski definition) is 2. The molecule has 0 heterocycles. The van der Waals surface area contributed by atoms with Crippen LogP contribution in [0.2, 0.25) is 0 Å². The molecule has 0 bridgehead atoms. The average Bonchev–Trinajstić information content (AvgIpc) is 2.58. The van der Waals surface area contributed by atoms with E-state index in [0.717, 1.165) is 24.3 Å². The maximum atomic E-state index is 13.6. The van der Waals surface area contributed by atoms with Crippen LogP contribution in [0.15, 0.2) is 30.3 Å². The van der Waals surface area contributed by atoms with Crippen LogP contribution in [-0.4, -0.2) is 24.7 Å². The molecule has 1 aliphatic carbocycles. The van der Waals surface area contributed by atoms with Gasteiger partial charge in [0.2, 0.25) is 0 Å². The van der Waals surface area contributed by atoms with Crippen molar-refractivity contribution < 1.29 is 27.4 Å². The first-order valence-corrected chi connectivity index (χ1v) is 9.01. The molecule has 1 saturated carbocycles. The summed E-state index contributed by atoms with van der Waals surface area (Å²) in [6.07, 6.45) is 0.267. The zero-order chi connectivity index (χ0) is 19.2. The molecule has 0 saturated heterocycles. The molecule has 1 aromatic rings. The molecule has 1 unspecified atom stereocenters. The molecular formula is C20H26F4O2. The Balaban J connectivity index is 2.04. The van der Waals surface area contributed by atoms with Crippen LogP contribution in [0.3, 0.4) is 0 Å². The van der Waals surface area contributed by atoms with E-state index in [4.69, 9.17) is 9.84 Å². The van der Waals surface area contributed by atoms with E-state index >= 15 is 0 Å². The highest BCUT2D eigenvalue weighted by Gasteiger charge is 2.27. The van der Waals surface area contributed by atoms with Crippen molar-refractivity contribution >= 4 is 5.83 Å². The van der Waals surface area contributed by atoms with Gasteiger partial charge in [0.05, 0.1) is 12.7 Å². The quantitative estimate of drug-likeness (QED) is 0.504. The molecule has 0 aliphatic heterocycles. The van der Waals surface area contributed by atoms with Crippen molar-refractivity contribution in [1.82, 2.24) is 0 Å². The second kappa shape index (κ2) is 9.51. The minimum Gasteiger partial charge on any atom is -0.371 e. The van der Waals surface area contributed by atoms with Crippen LogP contribution in [0, 0.1) is 17.8 Å². The Hall–Kier alpha value is -1.40. The van der Waals surface area contributed by atoms with Crippen molar-refractivity contribution in [2.75, 3.05) is 13.4 Å². The Labute approximate surface area is 151 Å². The minimum absolute atomic E-state index is 0.0827. The number of aliphatic hydroxyl groups is 1. The molecule has 1 atom stereocenters. The second-order valence-electron chi connectivity index (χ2n) is 7.21. The van der Waals surface area contributed by atoms with Gasteiger partial charge in [0.15, 0.2) is 0 Å². The third kappa shape index (κ3) is 6.72. The summed E-state index contributed by atoms with van der Waals surface area (Å²) in [5.41, 5.74) is 0.847. The molecule has 1 N–H and O–H groups in total. The molecule has 6 heteroatoms. The molecule has 1 aliphatic rings. The number of allylic oxidation sites excluding steroid dienone is 1. The van der Waals surface area contributed by atoms with Crippen molar-refractivity contribution in [2.24, 2.45) is 17.8 Å². The molecule has 2 rings (SSSR count). The maximum absolute atomic E-state index is 13.6. The summed E-state index contributed by atoms with van der Waals surface area (Å²) in [5, 5.41) is 8.95. The molecular weight excluding hydrogens is 348 g/mol. The number of alkyl halides is 3. The fraction of sp³-hybridized carbons (Fsp3) is 0.600. The highest BCUT2D eigenvalue weighted by Crippen LogP contribution is 2.35. The summed E-state index contributed by atoms with van der Waals surface area (Å²) < 4.78 is 55.6. The van der Waals surface area contributed by atoms with E-state index in [9.17, 15) is 17.6 Å². The molecule has 0 amide bonds. The van der Waals surface area contributed by atoms with Crippen LogP contribution in [-0.2, 0) is 11.2 Å². The van der Waals surface area contributed by atoms with Crippen molar-refractivity contribution in [3.63, 3.8) is 0 Å². The van der Waals surface area contributed by atoms with Crippen molar-refractivity contribution in [3.05, 3.63) is 41.5 Å². The van der Waals surface area contributed by atoms with Gasteiger partial charge in [-0.25, -0.2) is 4.39 Å². The molecule has 146 valence electrons. The van der Waals surface area contributed by atoms with Crippen LogP contribution in [0.5, 0.6) is 0 Å². The van der Waals surface area contributed by atoms with E-state index < -0.39 is 12.0 Å². The van der Waals surface area contributed by atoms with E-state index in [1.54, 1.807) is 12.1 Å². The van der Waals surface area contributed by atoms with Crippen LogP contribution in [0.4, 0.5) is 17.6 Å². The van der Waals surface area contributed by atoms with Gasteiger partial charge in [-0.05, 0) is 42.6 Å². The monoisotopic (exact) mass is 374 g/mol. The van der Waals surface area contributed by atoms with E-state index in [0.29, 0.717) is 18.9 Å². The zero-order valence-corrected chi connectivity index (χ0v) is 14.9. The molecule has 0 spiro atoms. The van der Waals surface area contributed by atoms with E-state index in [2.05, 4.69) is 6.92 Å². The fourth-order valence-corrected chi connectivity index (χ4v) is 3.65. The van der Waals surface area contributed by atoms with E-state index in [1.165, 1.54) is 25.0 Å². The van der Waals surface area contributed by atoms with Crippen molar-refractivity contribution in [1.29, 1.82) is 0 Å². The lowest BCUT2D eigenvalue weighted by Crippen LogP contribution is -2.26. The Morgan fingerprint density at radius 1 is 1.19 bits per heavy atom. The standard InChI is InChI=1S/C20H26F4O2/c1-14-2-6-16(7-3-14)18(12-26-13-25)10-15-4-8-17(9-5-15)19(21)11-20(22,23)24/h4-5,8-9,11,14,16,18,25H,2-3,6-7,10,12-13H2,1H3/b19-11-. The number of ether oxygens (including phenoxy) is 1. The Morgan fingerprint density at radius 3 is 2.35 bits per heavy atom. The van der Waals surface area contributed by atoms with Gasteiger partial charge in [-0.1, -0.05) is 44.0 Å². The number of halogens is 4. The molecule has 1 fully saturated rings. The van der Waals surface area contributed by atoms with Gasteiger partial charge in [-0.15, -0.1) is 0 Å². The molecule has 0 aromatic heterocycles. The summed E-state index contributed by atoms with van der Waals surface area (Å²) >= 11 is 0. The van der Waals surface area contributed by atoms with Crippen LogP contribution < -0.4 is 0 Å². The molecule has 2 nitrogen and oxygen atoms in total. The predicted octanol–water partition coefficient (Wildman–Crippen LogP) is 5.51. The topological polar surface area (TPSA) is 29.5 Å². The lowest BCUT2D eigenvalue weighted by atomic mass is 9.74. The maximum Gasteiger partial charge on any atom is 0.412 e. The van der Waals surface area contributed by atoms with E-state index in [-0.39, 0.29) is 24.4 Å². The van der Waals surface area contributed by atoms with Gasteiger partial charge in [0.1, 0.15) is 12.6 Å². The van der Waals surface area contributed by atoms with Crippen molar-refractivity contribution in [3.8, 4) is 0 Å². The average molecular weight is 374 g/mol. The zero-order valence-electron chi connectivity index (χ0n) is 14.9. The number of hydrogen-bond donors (Lipinski definition) is 1. The third-order valence-corrected chi connectivity index (χ3v) is 5.17. The highest BCUT2D eigenvalue weighted by molar-refractivity contribution is 5.59. The highest BCUT2D eigenvalue weighted by atomic mass is 19.4. The lowest BCUT2D eigenvalue weighted by molar-refractivity contribution is -0.0798. The molecule has 0 radical (unpaired) electrons. The van der Waals surface area contributed by atoms with Gasteiger partial charge in [-0.3, -0.25) is 0 Å². The second-order valence-corrected chi connectivity index (χ2v) is 7.21. The first-order valence-electron chi connectivity index (χ1n) is 9.01. The van der Waals surface area contributed by atoms with Crippen LogP contribution in [0.1, 0.15) is 43.7 Å². The Bertz CT molecular complexity index is 572. The predicted molar refractivity (Wildman–Crippen MR) is 92.9 cm³/mol. The smallest absolute Gasteiger partial charge is 0.371 e. The first-order chi connectivity index (χ1) is 12.3. The van der Waals surface area contributed by atoms with Gasteiger partial charge < -0.3 is 9.84 Å². The van der Waals surface area contributed by atoms with Crippen molar-refractivity contribution in [2.45, 2.75) is 45.2 Å². The molecule has 26 heavy (non-hydrogen) atoms. The third-order valence-electron chi connectivity index (χ3n) is 5.17. The lowest BCUT2D eigenvalue weighted by Gasteiger charge is -2.32. The van der Waals surface area contributed by atoms with Gasteiger partial charge in [0.25, 0.3) is 0 Å². The Morgan fingerprint density at radius 2 is 1.81 bits per heavy atom. The fourth-order valence-electron chi connectivity index (χ4n) is 3.65. The Kier molecular flexibility index (Phi) is 7.65. The van der Waals surface area contributed by atoms with Crippen LogP contribution >= 0.6 is 0 Å². The van der Waals surface area contributed by atoms with E-state index in [1.807, 2.05) is 0 Å². The minimum atomic E-state index is -4.67. The summed E-state index contributed by atoms with van der Waals surface area (Å²) in [4.78, 5) is 0. The summed E-state index contributed by atoms with van der Waals surface area (Å²) in [5.74, 6) is 0.175. The number of benzene rings is 1. The van der Waals surface area contributed by atoms with Crippen LogP contribution in [0.25, 0.3) is 5.83 Å².